The van der Waals surface area contributed by atoms with Crippen LogP contribution in [-0.2, 0) is 24.3 Å². The highest BCUT2D eigenvalue weighted by molar-refractivity contribution is 7.89. The molecule has 0 bridgehead atoms. The van der Waals surface area contributed by atoms with Crippen molar-refractivity contribution in [2.75, 3.05) is 26.8 Å². The van der Waals surface area contributed by atoms with Crippen LogP contribution >= 0.6 is 0 Å². The Morgan fingerprint density at radius 2 is 1.79 bits per heavy atom. The van der Waals surface area contributed by atoms with Gasteiger partial charge in [0.1, 0.15) is 11.8 Å². The zero-order chi connectivity index (χ0) is 24.7. The molecule has 0 radical (unpaired) electrons. The van der Waals surface area contributed by atoms with Crippen LogP contribution in [0.5, 0.6) is 5.75 Å². The number of sulfonamides is 1. The molecular formula is C24H37N3O6S. The number of carbonyl (C=O) groups is 2. The van der Waals surface area contributed by atoms with E-state index in [-0.39, 0.29) is 35.4 Å². The van der Waals surface area contributed by atoms with Gasteiger partial charge in [0.25, 0.3) is 0 Å². The first-order chi connectivity index (χ1) is 16.2. The van der Waals surface area contributed by atoms with Crippen molar-refractivity contribution in [3.05, 3.63) is 24.3 Å². The Hall–Kier alpha value is -2.17. The van der Waals surface area contributed by atoms with E-state index >= 15 is 0 Å². The third-order valence-corrected chi connectivity index (χ3v) is 7.88. The molecule has 2 amide bonds. The molecule has 2 fully saturated rings. The maximum atomic E-state index is 13.3. The Kier molecular flexibility index (Phi) is 9.32. The number of benzene rings is 1. The summed E-state index contributed by atoms with van der Waals surface area (Å²) in [4.78, 5) is 28.1. The second-order valence-corrected chi connectivity index (χ2v) is 11.1. The van der Waals surface area contributed by atoms with E-state index in [4.69, 9.17) is 9.47 Å². The lowest BCUT2D eigenvalue weighted by molar-refractivity contribution is -0.143. The van der Waals surface area contributed by atoms with Gasteiger partial charge < -0.3 is 19.7 Å². The van der Waals surface area contributed by atoms with Crippen LogP contribution < -0.4 is 14.8 Å². The zero-order valence-corrected chi connectivity index (χ0v) is 21.1. The summed E-state index contributed by atoms with van der Waals surface area (Å²) < 4.78 is 38.7. The van der Waals surface area contributed by atoms with Crippen molar-refractivity contribution < 1.29 is 27.5 Å². The Morgan fingerprint density at radius 1 is 1.12 bits per heavy atom. The molecule has 1 heterocycles. The summed E-state index contributed by atoms with van der Waals surface area (Å²) in [7, 11) is -2.41. The number of hydrogen-bond donors (Lipinski definition) is 2. The van der Waals surface area contributed by atoms with Crippen LogP contribution in [0.2, 0.25) is 0 Å². The first-order valence-electron chi connectivity index (χ1n) is 12.1. The topological polar surface area (TPSA) is 114 Å². The summed E-state index contributed by atoms with van der Waals surface area (Å²) in [5.74, 6) is -0.255. The molecule has 2 atom stereocenters. The molecule has 1 saturated carbocycles. The molecule has 1 aromatic carbocycles. The zero-order valence-electron chi connectivity index (χ0n) is 20.3. The number of ether oxygens (including phenoxy) is 2. The molecule has 1 aromatic rings. The van der Waals surface area contributed by atoms with Gasteiger partial charge in [0.05, 0.1) is 24.7 Å². The Balaban J connectivity index is 1.74. The average Bonchev–Trinajstić information content (AvgIpc) is 3.51. The lowest BCUT2D eigenvalue weighted by atomic mass is 9.99. The molecule has 3 rings (SSSR count). The highest BCUT2D eigenvalue weighted by atomic mass is 32.2. The molecule has 9 nitrogen and oxygen atoms in total. The van der Waals surface area contributed by atoms with E-state index < -0.39 is 28.5 Å². The van der Waals surface area contributed by atoms with Crippen molar-refractivity contribution >= 4 is 21.8 Å². The Morgan fingerprint density at radius 3 is 2.35 bits per heavy atom. The van der Waals surface area contributed by atoms with E-state index in [0.717, 1.165) is 38.5 Å². The predicted molar refractivity (Wildman–Crippen MR) is 128 cm³/mol. The van der Waals surface area contributed by atoms with Crippen molar-refractivity contribution in [2.24, 2.45) is 5.92 Å². The third-order valence-electron chi connectivity index (χ3n) is 6.47. The summed E-state index contributed by atoms with van der Waals surface area (Å²) in [5.41, 5.74) is 0. The molecule has 1 aliphatic heterocycles. The van der Waals surface area contributed by atoms with E-state index in [1.165, 1.54) is 24.1 Å². The highest BCUT2D eigenvalue weighted by Crippen LogP contribution is 2.22. The first-order valence-corrected chi connectivity index (χ1v) is 13.5. The van der Waals surface area contributed by atoms with Gasteiger partial charge in [-0.1, -0.05) is 26.7 Å². The van der Waals surface area contributed by atoms with E-state index in [1.807, 2.05) is 13.8 Å². The third kappa shape index (κ3) is 6.93. The number of hydrogen-bond acceptors (Lipinski definition) is 6. The summed E-state index contributed by atoms with van der Waals surface area (Å²) in [6.45, 7) is 4.23. The van der Waals surface area contributed by atoms with Gasteiger partial charge in [-0.05, 0) is 55.9 Å². The van der Waals surface area contributed by atoms with Crippen LogP contribution in [0.1, 0.15) is 52.4 Å². The fourth-order valence-corrected chi connectivity index (χ4v) is 5.61. The van der Waals surface area contributed by atoms with Crippen molar-refractivity contribution in [2.45, 2.75) is 75.5 Å². The minimum atomic E-state index is -3.91. The number of carbonyl (C=O) groups excluding carboxylic acids is 2. The molecule has 0 spiro atoms. The monoisotopic (exact) mass is 495 g/mol. The molecule has 10 heteroatoms. The van der Waals surface area contributed by atoms with Crippen molar-refractivity contribution in [1.82, 2.24) is 14.9 Å². The summed E-state index contributed by atoms with van der Waals surface area (Å²) in [5, 5.41) is 3.11. The lowest BCUT2D eigenvalue weighted by Crippen LogP contribution is -2.57. The van der Waals surface area contributed by atoms with Crippen LogP contribution in [-0.4, -0.2) is 70.1 Å². The van der Waals surface area contributed by atoms with Gasteiger partial charge >= 0.3 is 0 Å². The molecule has 34 heavy (non-hydrogen) atoms. The maximum Gasteiger partial charge on any atom is 0.243 e. The van der Waals surface area contributed by atoms with Gasteiger partial charge in [0.15, 0.2) is 0 Å². The van der Waals surface area contributed by atoms with Crippen molar-refractivity contribution in [3.8, 4) is 5.75 Å². The number of amides is 2. The fraction of sp³-hybridized carbons (Fsp3) is 0.667. The number of nitrogens with zero attached hydrogens (tertiary/aromatic N) is 1. The van der Waals surface area contributed by atoms with Crippen molar-refractivity contribution in [1.29, 1.82) is 0 Å². The molecule has 1 saturated heterocycles. The number of rotatable bonds is 11. The summed E-state index contributed by atoms with van der Waals surface area (Å²) >= 11 is 0. The van der Waals surface area contributed by atoms with Gasteiger partial charge in [-0.3, -0.25) is 9.59 Å². The molecule has 0 unspecified atom stereocenters. The van der Waals surface area contributed by atoms with Gasteiger partial charge in [-0.25, -0.2) is 13.1 Å². The largest absolute Gasteiger partial charge is 0.497 e. The van der Waals surface area contributed by atoms with Crippen LogP contribution in [0, 0.1) is 5.92 Å². The molecular weight excluding hydrogens is 458 g/mol. The second kappa shape index (κ2) is 12.0. The maximum absolute atomic E-state index is 13.3. The number of methoxy groups -OCH3 is 1. The average molecular weight is 496 g/mol. The molecule has 2 aliphatic rings. The second-order valence-electron chi connectivity index (χ2n) is 9.36. The first kappa shape index (κ1) is 26.4. The minimum Gasteiger partial charge on any atom is -0.497 e. The van der Waals surface area contributed by atoms with Gasteiger partial charge in [0.2, 0.25) is 21.8 Å². The van der Waals surface area contributed by atoms with Crippen LogP contribution in [0.3, 0.4) is 0 Å². The number of nitrogens with one attached hydrogen (secondary N) is 2. The quantitative estimate of drug-likeness (QED) is 0.486. The summed E-state index contributed by atoms with van der Waals surface area (Å²) in [6.07, 6.45) is 5.60. The molecule has 190 valence electrons. The van der Waals surface area contributed by atoms with E-state index in [9.17, 15) is 18.0 Å². The van der Waals surface area contributed by atoms with Gasteiger partial charge in [-0.15, -0.1) is 0 Å². The lowest BCUT2D eigenvalue weighted by Gasteiger charge is -2.35. The Labute approximate surface area is 202 Å². The minimum absolute atomic E-state index is 0.0335. The fourth-order valence-electron chi connectivity index (χ4n) is 4.64. The smallest absolute Gasteiger partial charge is 0.243 e. The van der Waals surface area contributed by atoms with Crippen molar-refractivity contribution in [3.63, 3.8) is 0 Å². The van der Waals surface area contributed by atoms with Crippen LogP contribution in [0.15, 0.2) is 29.2 Å². The van der Waals surface area contributed by atoms with E-state index in [2.05, 4.69) is 10.0 Å². The molecule has 1 aliphatic carbocycles. The standard InChI is InChI=1S/C24H37N3O6S/c1-17(2)23(24(29)26-18-7-4-5-8-18)27(16-20-9-6-14-33-20)22(28)15-25-34(30,31)21-12-10-19(32-3)11-13-21/h10-13,17-18,20,23,25H,4-9,14-16H2,1-3H3,(H,26,29)/t20-,23-/m1/s1. The Bertz CT molecular complexity index is 923. The van der Waals surface area contributed by atoms with E-state index in [1.54, 1.807) is 12.1 Å². The van der Waals surface area contributed by atoms with Crippen LogP contribution in [0.25, 0.3) is 0 Å². The summed E-state index contributed by atoms with van der Waals surface area (Å²) in [6, 6.07) is 5.35. The SMILES string of the molecule is COc1ccc(S(=O)(=O)NCC(=O)N(C[C@H]2CCCO2)[C@@H](C(=O)NC2CCCC2)C(C)C)cc1. The predicted octanol–water partition coefficient (Wildman–Crippen LogP) is 2.06. The molecule has 2 N–H and O–H groups in total. The van der Waals surface area contributed by atoms with Crippen LogP contribution in [0.4, 0.5) is 0 Å². The normalized spacial score (nSPS) is 19.8. The van der Waals surface area contributed by atoms with Gasteiger partial charge in [0, 0.05) is 19.2 Å². The highest BCUT2D eigenvalue weighted by Gasteiger charge is 2.36. The molecule has 0 aromatic heterocycles. The van der Waals surface area contributed by atoms with Gasteiger partial charge in [-0.2, -0.15) is 0 Å². The van der Waals surface area contributed by atoms with E-state index in [0.29, 0.717) is 12.4 Å².